The summed E-state index contributed by atoms with van der Waals surface area (Å²) in [7, 11) is -5.21. The first kappa shape index (κ1) is 78.4. The average molecular weight is 1380 g/mol. The molecule has 96 heavy (non-hydrogen) atoms. The van der Waals surface area contributed by atoms with E-state index < -0.39 is 73.4 Å². The SMILES string of the molecule is CCC(C)(C)C(=O)OC1(C)CCCC1.CCC(C)(C)C(=O)OC12CC3CC(C1)CC(C(=O)OC(CS(=O)(=O)[O-])C(F)(F)F)(C3)C2.CCC(C)(C)Oc1ccc(OC(=O)C(C)(C)CC)cc1F.CCC(C)c1cccc(O)c1.c1ccc(-[s+]2c3ccccc3c3ccccc32)cc1. The highest BCUT2D eigenvalue weighted by Crippen LogP contribution is 2.64. The molecule has 13 nitrogen and oxygen atoms in total. The number of carbonyl (C=O) groups is 4. The number of hydrogen-bond donors (Lipinski definition) is 1. The van der Waals surface area contributed by atoms with E-state index in [1.54, 1.807) is 39.8 Å². The van der Waals surface area contributed by atoms with Gasteiger partial charge in [-0.1, -0.05) is 96.1 Å². The molecule has 4 bridgehead atoms. The van der Waals surface area contributed by atoms with Gasteiger partial charge in [0.2, 0.25) is 6.10 Å². The van der Waals surface area contributed by atoms with Crippen molar-refractivity contribution < 1.29 is 78.5 Å². The van der Waals surface area contributed by atoms with E-state index in [0.717, 1.165) is 38.5 Å². The maximum absolute atomic E-state index is 14.0. The van der Waals surface area contributed by atoms with Crippen LogP contribution in [0.1, 0.15) is 212 Å². The molecule has 0 radical (unpaired) electrons. The van der Waals surface area contributed by atoms with Crippen molar-refractivity contribution in [1.82, 2.24) is 0 Å². The Bertz CT molecular complexity index is 3650. The number of aromatic hydroxyl groups is 1. The van der Waals surface area contributed by atoms with Crippen LogP contribution in [0.2, 0.25) is 0 Å². The Morgan fingerprint density at radius 2 is 1.17 bits per heavy atom. The summed E-state index contributed by atoms with van der Waals surface area (Å²) in [4.78, 5) is 50.9. The molecule has 4 atom stereocenters. The van der Waals surface area contributed by atoms with Crippen LogP contribution in [0.4, 0.5) is 17.6 Å². The van der Waals surface area contributed by atoms with Gasteiger partial charge < -0.3 is 33.3 Å². The van der Waals surface area contributed by atoms with Gasteiger partial charge in [0.25, 0.3) is 0 Å². The van der Waals surface area contributed by atoms with Gasteiger partial charge >= 0.3 is 30.1 Å². The van der Waals surface area contributed by atoms with Crippen molar-refractivity contribution in [3.63, 3.8) is 0 Å². The highest BCUT2D eigenvalue weighted by atomic mass is 32.2. The van der Waals surface area contributed by atoms with Gasteiger partial charge in [-0.25, -0.2) is 12.8 Å². The van der Waals surface area contributed by atoms with Gasteiger partial charge in [0.05, 0.1) is 37.5 Å². The minimum Gasteiger partial charge on any atom is -0.748 e. The minimum absolute atomic E-state index is 0.00100. The number of fused-ring (bicyclic) bond motifs is 3. The molecule has 5 aromatic carbocycles. The maximum Gasteiger partial charge on any atom is 0.426 e. The predicted molar refractivity (Wildman–Crippen MR) is 371 cm³/mol. The minimum atomic E-state index is -5.27. The summed E-state index contributed by atoms with van der Waals surface area (Å²) in [5.41, 5.74) is -3.27. The fourth-order valence-corrected chi connectivity index (χ4v) is 15.5. The van der Waals surface area contributed by atoms with Crippen LogP contribution in [0, 0.1) is 39.3 Å². The molecule has 1 aromatic heterocycles. The van der Waals surface area contributed by atoms with Crippen LogP contribution in [-0.4, -0.2) is 76.8 Å². The van der Waals surface area contributed by atoms with Crippen molar-refractivity contribution in [2.24, 2.45) is 33.5 Å². The summed E-state index contributed by atoms with van der Waals surface area (Å²) in [5, 5.41) is 11.9. The standard InChI is InChI=1S/C20H29F3O7S.C18H13S.C17H25FO3.C12H22O2.C10H14O/c1-4-17(2,3)15(24)30-19-8-12-5-13(9-19)7-18(6-12,11-19)16(25)29-14(20(21,22)23)10-31(26,27)28;1-2-8-14(9-3-1)19-17-12-6-4-10-15(17)16-11-5-7-13-18(16)19;1-7-16(3,4)15(19)20-12-9-10-14(13(18)11-12)21-17(5,6)8-2;1-5-11(2,3)10(13)14-12(4)8-6-7-9-12;1-3-8(2)9-5-4-6-10(11)7-9/h12-14H,4-11H2,1-3H3,(H,26,27,28);1-13H;9-11H,7-8H2,1-6H3;5-9H2,1-4H3;4-8,11H,3H2,1-2H3/q;+1;;;/p-1. The molecule has 6 aromatic rings. The third kappa shape index (κ3) is 20.7. The number of thiophene rings is 1. The van der Waals surface area contributed by atoms with Gasteiger partial charge in [-0.05, 0) is 236 Å². The Kier molecular flexibility index (Phi) is 26.1. The summed E-state index contributed by atoms with van der Waals surface area (Å²) in [5.74, 6) is -3.11. The maximum atomic E-state index is 14.0. The molecular weight excluding hydrogens is 1270 g/mol. The zero-order chi connectivity index (χ0) is 71.5. The number of benzene rings is 5. The molecule has 0 spiro atoms. The van der Waals surface area contributed by atoms with Crippen LogP contribution < -0.4 is 9.47 Å². The smallest absolute Gasteiger partial charge is 0.426 e. The van der Waals surface area contributed by atoms with E-state index in [-0.39, 0.29) is 63.2 Å². The number of ether oxygens (including phenoxy) is 5. The predicted octanol–water partition coefficient (Wildman–Crippen LogP) is 20.0. The second-order valence-corrected chi connectivity index (χ2v) is 32.9. The van der Waals surface area contributed by atoms with Crippen LogP contribution in [0.25, 0.3) is 25.1 Å². The lowest BCUT2D eigenvalue weighted by Crippen LogP contribution is -2.61. The van der Waals surface area contributed by atoms with Crippen molar-refractivity contribution in [3.05, 3.63) is 133 Å². The molecule has 1 heterocycles. The normalized spacial score (nSPS) is 20.3. The molecule has 19 heteroatoms. The number of hydrogen-bond acceptors (Lipinski definition) is 13. The molecular formula is C77H102F4O13S2. The number of phenolic OH excluding ortho intramolecular Hbond substituents is 1. The number of alkyl halides is 3. The number of rotatable bonds is 19. The van der Waals surface area contributed by atoms with E-state index in [9.17, 15) is 49.7 Å². The fraction of sp³-hybridized carbons (Fsp3) is 0.558. The highest BCUT2D eigenvalue weighted by Gasteiger charge is 2.64. The van der Waals surface area contributed by atoms with Crippen molar-refractivity contribution in [2.45, 2.75) is 235 Å². The Morgan fingerprint density at radius 1 is 0.656 bits per heavy atom. The summed E-state index contributed by atoms with van der Waals surface area (Å²) in [6, 6.07) is 40.1. The Balaban J connectivity index is 0.000000198. The quantitative estimate of drug-likeness (QED) is 0.0201. The Labute approximate surface area is 569 Å². The first-order valence-electron chi connectivity index (χ1n) is 33.8. The van der Waals surface area contributed by atoms with Crippen molar-refractivity contribution >= 4 is 64.6 Å². The van der Waals surface area contributed by atoms with Crippen LogP contribution in [-0.2, 0) is 43.5 Å². The van der Waals surface area contributed by atoms with Gasteiger partial charge in [0.15, 0.2) is 25.9 Å². The fourth-order valence-electron chi connectivity index (χ4n) is 12.5. The van der Waals surface area contributed by atoms with Crippen LogP contribution in [0.15, 0.2) is 121 Å². The molecule has 5 aliphatic carbocycles. The first-order chi connectivity index (χ1) is 44.7. The molecule has 5 aliphatic rings. The lowest BCUT2D eigenvalue weighted by Gasteiger charge is -2.60. The first-order valence-corrected chi connectivity index (χ1v) is 36.6. The van der Waals surface area contributed by atoms with E-state index in [0.29, 0.717) is 50.2 Å². The highest BCUT2D eigenvalue weighted by molar-refractivity contribution is 7.85. The zero-order valence-corrected chi connectivity index (χ0v) is 60.5. The second-order valence-electron chi connectivity index (χ2n) is 29.4. The molecule has 11 rings (SSSR count). The topological polar surface area (TPSA) is 192 Å². The van der Waals surface area contributed by atoms with Gasteiger partial charge in [-0.15, -0.1) is 0 Å². The summed E-state index contributed by atoms with van der Waals surface area (Å²) >= 11 is 0. The zero-order valence-electron chi connectivity index (χ0n) is 58.8. The lowest BCUT2D eigenvalue weighted by atomic mass is 9.48. The third-order valence-corrected chi connectivity index (χ3v) is 23.0. The molecule has 1 N–H and O–H groups in total. The number of carbonyl (C=O) groups excluding carboxylic acids is 4. The van der Waals surface area contributed by atoms with Crippen molar-refractivity contribution in [1.29, 1.82) is 0 Å². The lowest BCUT2D eigenvalue weighted by molar-refractivity contribution is -0.239. The van der Waals surface area contributed by atoms with Gasteiger partial charge in [-0.3, -0.25) is 19.2 Å². The summed E-state index contributed by atoms with van der Waals surface area (Å²) < 4.78 is 116. The number of halogens is 4. The number of esters is 4. The summed E-state index contributed by atoms with van der Waals surface area (Å²) in [6.45, 7) is 28.9. The molecule has 0 aliphatic heterocycles. The van der Waals surface area contributed by atoms with E-state index in [2.05, 4.69) is 104 Å². The van der Waals surface area contributed by atoms with E-state index in [1.165, 1.54) is 55.6 Å². The van der Waals surface area contributed by atoms with E-state index in [1.807, 2.05) is 73.6 Å². The molecule has 0 amide bonds. The molecule has 4 unspecified atom stereocenters. The van der Waals surface area contributed by atoms with E-state index in [4.69, 9.17) is 24.1 Å². The number of phenols is 1. The average Bonchev–Trinajstić information content (AvgIpc) is 0.939. The van der Waals surface area contributed by atoms with Gasteiger partial charge in [0.1, 0.15) is 28.3 Å². The molecule has 528 valence electrons. The Morgan fingerprint density at radius 3 is 1.65 bits per heavy atom. The molecule has 5 fully saturated rings. The monoisotopic (exact) mass is 1370 g/mol. The molecule has 5 saturated carbocycles. The van der Waals surface area contributed by atoms with Gasteiger partial charge in [0, 0.05) is 33.7 Å². The third-order valence-electron chi connectivity index (χ3n) is 19.9. The van der Waals surface area contributed by atoms with Gasteiger partial charge in [-0.2, -0.15) is 13.2 Å². The van der Waals surface area contributed by atoms with Crippen LogP contribution >= 0.6 is 10.5 Å². The summed E-state index contributed by atoms with van der Waals surface area (Å²) in [6.07, 6.45) is 2.65. The molecule has 0 saturated heterocycles. The van der Waals surface area contributed by atoms with Crippen LogP contribution in [0.5, 0.6) is 17.2 Å². The van der Waals surface area contributed by atoms with Crippen molar-refractivity contribution in [3.8, 4) is 22.1 Å². The largest absolute Gasteiger partial charge is 0.748 e. The Hall–Kier alpha value is -6.57. The second kappa shape index (κ2) is 32.0. The van der Waals surface area contributed by atoms with Crippen LogP contribution in [0.3, 0.4) is 0 Å². The van der Waals surface area contributed by atoms with E-state index >= 15 is 0 Å². The van der Waals surface area contributed by atoms with Crippen molar-refractivity contribution in [2.75, 3.05) is 5.75 Å².